The SMILES string of the molecule is Cc1c(N=Cc2cc(Br)ccc2OC(C)C)c(=O)n(-c2ccccc2)n1C. The molecule has 0 unspecified atom stereocenters. The molecule has 140 valence electrons. The molecular weight excluding hydrogens is 406 g/mol. The van der Waals surface area contributed by atoms with Crippen LogP contribution in [0.15, 0.2) is 62.8 Å². The van der Waals surface area contributed by atoms with Crippen LogP contribution in [0.1, 0.15) is 25.1 Å². The second kappa shape index (κ2) is 7.96. The third-order valence-electron chi connectivity index (χ3n) is 4.19. The van der Waals surface area contributed by atoms with Crippen molar-refractivity contribution in [3.8, 4) is 11.4 Å². The molecule has 5 nitrogen and oxygen atoms in total. The first-order chi connectivity index (χ1) is 12.9. The van der Waals surface area contributed by atoms with Crippen molar-refractivity contribution >= 4 is 27.8 Å². The maximum atomic E-state index is 12.9. The lowest BCUT2D eigenvalue weighted by Crippen LogP contribution is -2.19. The van der Waals surface area contributed by atoms with E-state index in [2.05, 4.69) is 20.9 Å². The molecule has 3 aromatic rings. The molecule has 0 aliphatic carbocycles. The summed E-state index contributed by atoms with van der Waals surface area (Å²) in [4.78, 5) is 17.5. The van der Waals surface area contributed by atoms with E-state index in [0.717, 1.165) is 27.2 Å². The fourth-order valence-corrected chi connectivity index (χ4v) is 3.20. The maximum absolute atomic E-state index is 12.9. The Labute approximate surface area is 167 Å². The minimum atomic E-state index is -0.154. The van der Waals surface area contributed by atoms with Gasteiger partial charge in [0.05, 0.1) is 17.5 Å². The van der Waals surface area contributed by atoms with Gasteiger partial charge in [0, 0.05) is 23.3 Å². The Morgan fingerprint density at radius 3 is 2.52 bits per heavy atom. The third-order valence-corrected chi connectivity index (χ3v) is 4.68. The highest BCUT2D eigenvalue weighted by Crippen LogP contribution is 2.24. The molecule has 0 radical (unpaired) electrons. The summed E-state index contributed by atoms with van der Waals surface area (Å²) >= 11 is 3.48. The van der Waals surface area contributed by atoms with Gasteiger partial charge in [-0.1, -0.05) is 34.1 Å². The summed E-state index contributed by atoms with van der Waals surface area (Å²) in [6.45, 7) is 5.84. The van der Waals surface area contributed by atoms with Gasteiger partial charge in [0.1, 0.15) is 5.75 Å². The van der Waals surface area contributed by atoms with Crippen LogP contribution in [0.4, 0.5) is 5.69 Å². The zero-order valence-corrected chi connectivity index (χ0v) is 17.4. The monoisotopic (exact) mass is 427 g/mol. The van der Waals surface area contributed by atoms with E-state index in [0.29, 0.717) is 5.69 Å². The fraction of sp³-hybridized carbons (Fsp3) is 0.238. The van der Waals surface area contributed by atoms with Crippen LogP contribution < -0.4 is 10.3 Å². The molecule has 0 amide bonds. The Hall–Kier alpha value is -2.60. The van der Waals surface area contributed by atoms with E-state index in [1.165, 1.54) is 0 Å². The van der Waals surface area contributed by atoms with Gasteiger partial charge >= 0.3 is 0 Å². The van der Waals surface area contributed by atoms with Crippen LogP contribution in [-0.4, -0.2) is 21.7 Å². The quantitative estimate of drug-likeness (QED) is 0.549. The fourth-order valence-electron chi connectivity index (χ4n) is 2.82. The molecule has 1 aromatic heterocycles. The van der Waals surface area contributed by atoms with E-state index >= 15 is 0 Å². The topological polar surface area (TPSA) is 48.5 Å². The summed E-state index contributed by atoms with van der Waals surface area (Å²) in [6.07, 6.45) is 1.73. The highest BCUT2D eigenvalue weighted by Gasteiger charge is 2.15. The van der Waals surface area contributed by atoms with E-state index in [1.807, 2.05) is 81.0 Å². The molecule has 0 aliphatic rings. The first kappa shape index (κ1) is 19.2. The van der Waals surface area contributed by atoms with Gasteiger partial charge in [0.15, 0.2) is 5.69 Å². The molecule has 2 aromatic carbocycles. The number of hydrogen-bond donors (Lipinski definition) is 0. The van der Waals surface area contributed by atoms with E-state index in [4.69, 9.17) is 4.74 Å². The lowest BCUT2D eigenvalue weighted by atomic mass is 10.2. The van der Waals surface area contributed by atoms with Crippen molar-refractivity contribution in [3.63, 3.8) is 0 Å². The number of halogens is 1. The average Bonchev–Trinajstić information content (AvgIpc) is 2.85. The van der Waals surface area contributed by atoms with Crippen LogP contribution in [0.2, 0.25) is 0 Å². The second-order valence-electron chi connectivity index (χ2n) is 6.52. The van der Waals surface area contributed by atoms with Crippen LogP contribution in [0.5, 0.6) is 5.75 Å². The van der Waals surface area contributed by atoms with Crippen molar-refractivity contribution in [1.29, 1.82) is 0 Å². The van der Waals surface area contributed by atoms with Crippen LogP contribution in [0, 0.1) is 6.92 Å². The summed E-state index contributed by atoms with van der Waals surface area (Å²) in [7, 11) is 1.86. The largest absolute Gasteiger partial charge is 0.490 e. The van der Waals surface area contributed by atoms with Crippen LogP contribution in [0.3, 0.4) is 0 Å². The van der Waals surface area contributed by atoms with Gasteiger partial charge in [-0.15, -0.1) is 0 Å². The Bertz CT molecular complexity index is 1030. The normalized spacial score (nSPS) is 11.5. The molecule has 0 N–H and O–H groups in total. The van der Waals surface area contributed by atoms with Crippen molar-refractivity contribution in [2.24, 2.45) is 12.0 Å². The lowest BCUT2D eigenvalue weighted by molar-refractivity contribution is 0.242. The Morgan fingerprint density at radius 2 is 1.85 bits per heavy atom. The first-order valence-corrected chi connectivity index (χ1v) is 9.52. The second-order valence-corrected chi connectivity index (χ2v) is 7.43. The predicted molar refractivity (Wildman–Crippen MR) is 113 cm³/mol. The number of aromatic nitrogens is 2. The molecule has 1 heterocycles. The van der Waals surface area contributed by atoms with Gasteiger partial charge in [0.2, 0.25) is 0 Å². The van der Waals surface area contributed by atoms with Crippen molar-refractivity contribution in [1.82, 2.24) is 9.36 Å². The molecule has 0 saturated carbocycles. The highest BCUT2D eigenvalue weighted by molar-refractivity contribution is 9.10. The molecule has 27 heavy (non-hydrogen) atoms. The van der Waals surface area contributed by atoms with Gasteiger partial charge in [-0.2, -0.15) is 0 Å². The average molecular weight is 428 g/mol. The predicted octanol–water partition coefficient (Wildman–Crippen LogP) is 4.78. The van der Waals surface area contributed by atoms with Crippen molar-refractivity contribution in [3.05, 3.63) is 74.6 Å². The van der Waals surface area contributed by atoms with Crippen molar-refractivity contribution < 1.29 is 4.74 Å². The summed E-state index contributed by atoms with van der Waals surface area (Å²) in [6, 6.07) is 15.3. The van der Waals surface area contributed by atoms with Crippen LogP contribution in [-0.2, 0) is 7.05 Å². The van der Waals surface area contributed by atoms with E-state index in [9.17, 15) is 4.79 Å². The molecular formula is C21H22BrN3O2. The zero-order chi connectivity index (χ0) is 19.6. The van der Waals surface area contributed by atoms with Gasteiger partial charge in [-0.25, -0.2) is 9.67 Å². The van der Waals surface area contributed by atoms with E-state index in [1.54, 1.807) is 10.9 Å². The number of ether oxygens (including phenoxy) is 1. The molecule has 0 bridgehead atoms. The number of aliphatic imine (C=N–C) groups is 1. The van der Waals surface area contributed by atoms with E-state index in [-0.39, 0.29) is 11.7 Å². The minimum absolute atomic E-state index is 0.0482. The summed E-state index contributed by atoms with van der Waals surface area (Å²) < 4.78 is 10.2. The number of rotatable bonds is 5. The standard InChI is InChI=1S/C21H22BrN3O2/c1-14(2)27-19-11-10-17(22)12-16(19)13-23-20-15(3)24(4)25(21(20)26)18-8-6-5-7-9-18/h5-14H,1-4H3. The molecule has 0 spiro atoms. The van der Waals surface area contributed by atoms with Gasteiger partial charge < -0.3 is 4.74 Å². The molecule has 6 heteroatoms. The molecule has 0 saturated heterocycles. The number of nitrogens with zero attached hydrogens (tertiary/aromatic N) is 3. The Balaban J connectivity index is 2.05. The minimum Gasteiger partial charge on any atom is -0.490 e. The van der Waals surface area contributed by atoms with Gasteiger partial charge in [-0.05, 0) is 51.1 Å². The molecule has 0 atom stereocenters. The summed E-state index contributed by atoms with van der Waals surface area (Å²) in [5.74, 6) is 0.730. The zero-order valence-electron chi connectivity index (χ0n) is 15.8. The number of hydrogen-bond acceptors (Lipinski definition) is 3. The van der Waals surface area contributed by atoms with E-state index < -0.39 is 0 Å². The molecule has 3 rings (SSSR count). The number of para-hydroxylation sites is 1. The first-order valence-electron chi connectivity index (χ1n) is 8.72. The smallest absolute Gasteiger partial charge is 0.297 e. The van der Waals surface area contributed by atoms with Gasteiger partial charge in [-0.3, -0.25) is 9.48 Å². The summed E-state index contributed by atoms with van der Waals surface area (Å²) in [5, 5.41) is 0. The summed E-state index contributed by atoms with van der Waals surface area (Å²) in [5.41, 5.74) is 2.67. The molecule has 0 fully saturated rings. The van der Waals surface area contributed by atoms with Crippen molar-refractivity contribution in [2.45, 2.75) is 26.9 Å². The molecule has 0 aliphatic heterocycles. The highest BCUT2D eigenvalue weighted by atomic mass is 79.9. The maximum Gasteiger partial charge on any atom is 0.297 e. The third kappa shape index (κ3) is 4.06. The van der Waals surface area contributed by atoms with Gasteiger partial charge in [0.25, 0.3) is 5.56 Å². The van der Waals surface area contributed by atoms with Crippen molar-refractivity contribution in [2.75, 3.05) is 0 Å². The van der Waals surface area contributed by atoms with Crippen LogP contribution >= 0.6 is 15.9 Å². The number of benzene rings is 2. The Morgan fingerprint density at radius 1 is 1.15 bits per heavy atom. The lowest BCUT2D eigenvalue weighted by Gasteiger charge is -2.12. The van der Waals surface area contributed by atoms with Crippen LogP contribution in [0.25, 0.3) is 5.69 Å². The Kier molecular flexibility index (Phi) is 5.65.